The molecule has 0 saturated heterocycles. The summed E-state index contributed by atoms with van der Waals surface area (Å²) in [7, 11) is -5.60. The van der Waals surface area contributed by atoms with E-state index < -0.39 is 18.2 Å². The van der Waals surface area contributed by atoms with Crippen LogP contribution in [0.4, 0.5) is 0 Å². The molecule has 0 radical (unpaired) electrons. The molecule has 1 aromatic heterocycles. The van der Waals surface area contributed by atoms with Crippen LogP contribution in [0.1, 0.15) is 43.7 Å². The summed E-state index contributed by atoms with van der Waals surface area (Å²) < 4.78 is 27.8. The van der Waals surface area contributed by atoms with E-state index in [1.165, 1.54) is 0 Å². The number of carbonyl (C=O) groups excluding carboxylic acids is 1. The van der Waals surface area contributed by atoms with Crippen LogP contribution in [0.5, 0.6) is 0 Å². The molecular formula is C15H27NO4SSi. The predicted molar refractivity (Wildman–Crippen MR) is 91.4 cm³/mol. The van der Waals surface area contributed by atoms with E-state index >= 15 is 0 Å². The van der Waals surface area contributed by atoms with Crippen molar-refractivity contribution < 1.29 is 17.4 Å². The Morgan fingerprint density at radius 2 is 1.91 bits per heavy atom. The van der Waals surface area contributed by atoms with Crippen molar-refractivity contribution in [3.63, 3.8) is 0 Å². The molecule has 0 saturated carbocycles. The van der Waals surface area contributed by atoms with Crippen LogP contribution >= 0.6 is 0 Å². The third-order valence-electron chi connectivity index (χ3n) is 4.37. The molecule has 0 fully saturated rings. The van der Waals surface area contributed by atoms with Gasteiger partial charge in [-0.1, -0.05) is 33.9 Å². The van der Waals surface area contributed by atoms with Crippen molar-refractivity contribution >= 4 is 23.6 Å². The largest absolute Gasteiger partial charge is 0.359 e. The van der Waals surface area contributed by atoms with Gasteiger partial charge >= 0.3 is 0 Å². The van der Waals surface area contributed by atoms with Crippen LogP contribution in [-0.2, 0) is 20.7 Å². The number of hydrogen-bond acceptors (Lipinski definition) is 4. The maximum atomic E-state index is 12.7. The highest BCUT2D eigenvalue weighted by Gasteiger charge is 2.43. The van der Waals surface area contributed by atoms with Crippen LogP contribution in [0.2, 0.25) is 18.1 Å². The fourth-order valence-corrected chi connectivity index (χ4v) is 4.33. The van der Waals surface area contributed by atoms with E-state index in [2.05, 4.69) is 38.8 Å². The average Bonchev–Trinajstić information content (AvgIpc) is 2.82. The summed E-state index contributed by atoms with van der Waals surface area (Å²) in [6.45, 7) is 12.2. The number of H-pyrrole nitrogens is 1. The Morgan fingerprint density at radius 1 is 1.32 bits per heavy atom. The first-order chi connectivity index (χ1) is 9.90. The standard InChI is InChI=1S/C15H27NO4SSi/c1-7-20-21(18,19)9-8-12-10-13(16-11-12)14(17)22(5,6)15(2,3)4/h10-11,16H,7-9H2,1-6H3. The van der Waals surface area contributed by atoms with Crippen LogP contribution < -0.4 is 0 Å². The minimum atomic E-state index is -3.48. The molecule has 0 aliphatic heterocycles. The Bertz CT molecular complexity index is 626. The Kier molecular flexibility index (Phi) is 5.81. The summed E-state index contributed by atoms with van der Waals surface area (Å²) in [5.74, 6) is -0.0770. The number of aromatic amines is 1. The second kappa shape index (κ2) is 6.68. The van der Waals surface area contributed by atoms with Gasteiger partial charge in [-0.2, -0.15) is 8.42 Å². The molecule has 0 atom stereocenters. The van der Waals surface area contributed by atoms with E-state index in [9.17, 15) is 13.2 Å². The molecule has 1 rings (SSSR count). The highest BCUT2D eigenvalue weighted by atomic mass is 32.2. The maximum Gasteiger partial charge on any atom is 0.267 e. The predicted octanol–water partition coefficient (Wildman–Crippen LogP) is 3.15. The first-order valence-electron chi connectivity index (χ1n) is 7.50. The smallest absolute Gasteiger partial charge is 0.267 e. The third kappa shape index (κ3) is 4.53. The highest BCUT2D eigenvalue weighted by Crippen LogP contribution is 2.37. The Labute approximate surface area is 134 Å². The molecule has 1 heterocycles. The van der Waals surface area contributed by atoms with Crippen molar-refractivity contribution in [2.45, 2.75) is 52.2 Å². The molecule has 5 nitrogen and oxygen atoms in total. The molecule has 7 heteroatoms. The lowest BCUT2D eigenvalue weighted by Crippen LogP contribution is -2.46. The van der Waals surface area contributed by atoms with Gasteiger partial charge in [0, 0.05) is 6.20 Å². The van der Waals surface area contributed by atoms with E-state index in [4.69, 9.17) is 4.18 Å². The Morgan fingerprint density at radius 3 is 2.41 bits per heavy atom. The summed E-state index contributed by atoms with van der Waals surface area (Å²) in [5, 5.41) is 0.132. The van der Waals surface area contributed by atoms with Crippen molar-refractivity contribution in [1.29, 1.82) is 0 Å². The van der Waals surface area contributed by atoms with Crippen molar-refractivity contribution in [2.75, 3.05) is 12.4 Å². The first-order valence-corrected chi connectivity index (χ1v) is 12.1. The zero-order valence-electron chi connectivity index (χ0n) is 14.3. The number of nitrogens with one attached hydrogen (secondary N) is 1. The van der Waals surface area contributed by atoms with E-state index in [0.717, 1.165) is 5.56 Å². The number of carbonyl (C=O) groups is 1. The van der Waals surface area contributed by atoms with Crippen molar-refractivity contribution in [2.24, 2.45) is 0 Å². The Balaban J connectivity index is 2.83. The third-order valence-corrected chi connectivity index (χ3v) is 10.8. The van der Waals surface area contributed by atoms with Gasteiger partial charge in [-0.3, -0.25) is 8.98 Å². The first kappa shape index (κ1) is 19.1. The van der Waals surface area contributed by atoms with Gasteiger partial charge in [0.05, 0.1) is 18.1 Å². The van der Waals surface area contributed by atoms with Crippen LogP contribution in [0, 0.1) is 0 Å². The van der Waals surface area contributed by atoms with Gasteiger partial charge in [0.2, 0.25) is 0 Å². The molecule has 1 N–H and O–H groups in total. The molecule has 0 aliphatic rings. The van der Waals surface area contributed by atoms with E-state index in [0.29, 0.717) is 12.1 Å². The fourth-order valence-electron chi connectivity index (χ4n) is 1.87. The molecule has 0 unspecified atom stereocenters. The topological polar surface area (TPSA) is 76.2 Å². The average molecular weight is 346 g/mol. The SMILES string of the molecule is CCOS(=O)(=O)CCc1c[nH]c(C(=O)[Si](C)(C)C(C)(C)C)c1. The maximum absolute atomic E-state index is 12.7. The van der Waals surface area contributed by atoms with Crippen LogP contribution in [-0.4, -0.2) is 39.2 Å². The summed E-state index contributed by atoms with van der Waals surface area (Å²) in [6.07, 6.45) is 2.05. The lowest BCUT2D eigenvalue weighted by atomic mass is 10.2. The highest BCUT2D eigenvalue weighted by molar-refractivity contribution is 7.86. The van der Waals surface area contributed by atoms with Gasteiger partial charge in [-0.05, 0) is 30.0 Å². The molecular weight excluding hydrogens is 318 g/mol. The normalized spacial score (nSPS) is 13.4. The van der Waals surface area contributed by atoms with Crippen LogP contribution in [0.25, 0.3) is 0 Å². The number of rotatable bonds is 7. The molecule has 0 spiro atoms. The number of aryl methyl sites for hydroxylation is 1. The molecule has 126 valence electrons. The van der Waals surface area contributed by atoms with Crippen molar-refractivity contribution in [1.82, 2.24) is 4.98 Å². The van der Waals surface area contributed by atoms with E-state index in [1.54, 1.807) is 19.2 Å². The zero-order valence-corrected chi connectivity index (χ0v) is 16.1. The van der Waals surface area contributed by atoms with Gasteiger partial charge in [0.25, 0.3) is 10.1 Å². The minimum Gasteiger partial charge on any atom is -0.359 e. The van der Waals surface area contributed by atoms with Gasteiger partial charge in [-0.25, -0.2) is 0 Å². The van der Waals surface area contributed by atoms with Crippen LogP contribution in [0.15, 0.2) is 12.3 Å². The molecule has 0 amide bonds. The molecule has 22 heavy (non-hydrogen) atoms. The molecule has 0 aliphatic carbocycles. The number of aromatic nitrogens is 1. The van der Waals surface area contributed by atoms with E-state index in [1.807, 2.05) is 0 Å². The van der Waals surface area contributed by atoms with Crippen LogP contribution in [0.3, 0.4) is 0 Å². The summed E-state index contributed by atoms with van der Waals surface area (Å²) in [6, 6.07) is 1.77. The quantitative estimate of drug-likeness (QED) is 0.608. The monoisotopic (exact) mass is 345 g/mol. The summed E-state index contributed by atoms with van der Waals surface area (Å²) in [4.78, 5) is 15.7. The van der Waals surface area contributed by atoms with E-state index in [-0.39, 0.29) is 22.8 Å². The second-order valence-corrected chi connectivity index (χ2v) is 14.0. The molecule has 0 aromatic carbocycles. The van der Waals surface area contributed by atoms with Gasteiger partial charge < -0.3 is 4.98 Å². The van der Waals surface area contributed by atoms with Crippen molar-refractivity contribution in [3.8, 4) is 0 Å². The zero-order chi connectivity index (χ0) is 17.2. The summed E-state index contributed by atoms with van der Waals surface area (Å²) >= 11 is 0. The molecule has 0 bridgehead atoms. The summed E-state index contributed by atoms with van der Waals surface area (Å²) in [5.41, 5.74) is 1.39. The van der Waals surface area contributed by atoms with Gasteiger partial charge in [0.1, 0.15) is 8.07 Å². The lowest BCUT2D eigenvalue weighted by molar-refractivity contribution is 0.106. The minimum absolute atomic E-state index is 0.0341. The fraction of sp³-hybridized carbons (Fsp3) is 0.667. The van der Waals surface area contributed by atoms with Gasteiger partial charge in [0.15, 0.2) is 5.41 Å². The molecule has 1 aromatic rings. The second-order valence-electron chi connectivity index (χ2n) is 7.04. The van der Waals surface area contributed by atoms with Crippen molar-refractivity contribution in [3.05, 3.63) is 23.5 Å². The Hall–Kier alpha value is -0.923. The lowest BCUT2D eigenvalue weighted by Gasteiger charge is -2.34. The van der Waals surface area contributed by atoms with Gasteiger partial charge in [-0.15, -0.1) is 0 Å². The number of hydrogen-bond donors (Lipinski definition) is 1.